The van der Waals surface area contributed by atoms with Crippen molar-refractivity contribution in [2.24, 2.45) is 0 Å². The molecule has 3 rings (SSSR count). The Balaban J connectivity index is 1.84. The molecule has 0 aliphatic heterocycles. The van der Waals surface area contributed by atoms with Gasteiger partial charge in [0.05, 0.1) is 5.75 Å². The fourth-order valence-electron chi connectivity index (χ4n) is 3.80. The maximum Gasteiger partial charge on any atom is 0.243 e. The summed E-state index contributed by atoms with van der Waals surface area (Å²) in [7, 11) is 0. The van der Waals surface area contributed by atoms with Crippen molar-refractivity contribution in [1.29, 1.82) is 0 Å². The van der Waals surface area contributed by atoms with Crippen LogP contribution < -0.4 is 5.32 Å². The molecule has 0 bridgehead atoms. The largest absolute Gasteiger partial charge is 0.352 e. The molecule has 0 aliphatic carbocycles. The van der Waals surface area contributed by atoms with Gasteiger partial charge in [0.15, 0.2) is 0 Å². The number of rotatable bonds is 12. The average Bonchev–Trinajstić information content (AvgIpc) is 2.88. The Labute approximate surface area is 218 Å². The van der Waals surface area contributed by atoms with Gasteiger partial charge in [0.1, 0.15) is 11.9 Å². The Morgan fingerprint density at radius 1 is 0.917 bits per heavy atom. The van der Waals surface area contributed by atoms with Gasteiger partial charge in [-0.3, -0.25) is 9.59 Å². The van der Waals surface area contributed by atoms with E-state index in [9.17, 15) is 14.0 Å². The fourth-order valence-corrected chi connectivity index (χ4v) is 4.68. The van der Waals surface area contributed by atoms with Crippen molar-refractivity contribution in [3.63, 3.8) is 0 Å². The number of halogens is 1. The maximum atomic E-state index is 13.6. The number of carbonyl (C=O) groups excluding carboxylic acids is 2. The Morgan fingerprint density at radius 2 is 1.56 bits per heavy atom. The van der Waals surface area contributed by atoms with Gasteiger partial charge in [-0.2, -0.15) is 0 Å². The van der Waals surface area contributed by atoms with Crippen LogP contribution in [-0.2, 0) is 28.3 Å². The first-order valence-electron chi connectivity index (χ1n) is 12.4. The molecule has 0 radical (unpaired) electrons. The second-order valence-corrected chi connectivity index (χ2v) is 10.1. The standard InChI is InChI=1S/C30H35FN2O2S/c1-4-23(3)32-30(35)28(18-24-8-6-5-7-9-24)33(19-25-14-16-27(31)17-15-25)29(34)21-36-20-26-12-10-22(2)11-13-26/h5-17,23,28H,4,18-21H2,1-3H3,(H,32,35)/t23-,28+/m1/s1. The van der Waals surface area contributed by atoms with E-state index in [-0.39, 0.29) is 36.0 Å². The lowest BCUT2D eigenvalue weighted by molar-refractivity contribution is -0.139. The van der Waals surface area contributed by atoms with Gasteiger partial charge in [-0.25, -0.2) is 4.39 Å². The van der Waals surface area contributed by atoms with Gasteiger partial charge in [0.2, 0.25) is 11.8 Å². The minimum absolute atomic E-state index is 0.00513. The first kappa shape index (κ1) is 27.5. The number of hydrogen-bond acceptors (Lipinski definition) is 3. The zero-order valence-electron chi connectivity index (χ0n) is 21.2. The van der Waals surface area contributed by atoms with E-state index >= 15 is 0 Å². The number of amides is 2. The molecule has 2 atom stereocenters. The fraction of sp³-hybridized carbons (Fsp3) is 0.333. The summed E-state index contributed by atoms with van der Waals surface area (Å²) in [4.78, 5) is 28.7. The quantitative estimate of drug-likeness (QED) is 0.332. The Morgan fingerprint density at radius 3 is 2.19 bits per heavy atom. The summed E-state index contributed by atoms with van der Waals surface area (Å²) >= 11 is 1.53. The summed E-state index contributed by atoms with van der Waals surface area (Å²) in [6, 6.07) is 23.4. The number of aryl methyl sites for hydroxylation is 1. The number of nitrogens with zero attached hydrogens (tertiary/aromatic N) is 1. The van der Waals surface area contributed by atoms with Crippen LogP contribution in [0.3, 0.4) is 0 Å². The van der Waals surface area contributed by atoms with Crippen LogP contribution in [0.2, 0.25) is 0 Å². The Bertz CT molecular complexity index is 1100. The van der Waals surface area contributed by atoms with Crippen molar-refractivity contribution in [1.82, 2.24) is 10.2 Å². The number of hydrogen-bond donors (Lipinski definition) is 1. The van der Waals surface area contributed by atoms with Gasteiger partial charge in [-0.15, -0.1) is 11.8 Å². The SMILES string of the molecule is CC[C@@H](C)NC(=O)[C@H](Cc1ccccc1)N(Cc1ccc(F)cc1)C(=O)CSCc1ccc(C)cc1. The monoisotopic (exact) mass is 506 g/mol. The Kier molecular flexibility index (Phi) is 10.6. The summed E-state index contributed by atoms with van der Waals surface area (Å²) in [6.45, 7) is 6.25. The summed E-state index contributed by atoms with van der Waals surface area (Å²) in [5.74, 6) is 0.333. The van der Waals surface area contributed by atoms with Gasteiger partial charge in [0, 0.05) is 24.8 Å². The van der Waals surface area contributed by atoms with E-state index in [1.54, 1.807) is 17.0 Å². The second-order valence-electron chi connectivity index (χ2n) is 9.15. The highest BCUT2D eigenvalue weighted by atomic mass is 32.2. The molecule has 190 valence electrons. The van der Waals surface area contributed by atoms with Crippen molar-refractivity contribution in [3.8, 4) is 0 Å². The van der Waals surface area contributed by atoms with Crippen LogP contribution in [0.25, 0.3) is 0 Å². The minimum atomic E-state index is -0.682. The molecule has 0 saturated heterocycles. The van der Waals surface area contributed by atoms with E-state index in [0.717, 1.165) is 23.1 Å². The maximum absolute atomic E-state index is 13.6. The molecule has 0 aliphatic rings. The molecular weight excluding hydrogens is 471 g/mol. The van der Waals surface area contributed by atoms with Crippen molar-refractivity contribution >= 4 is 23.6 Å². The third-order valence-corrected chi connectivity index (χ3v) is 7.14. The van der Waals surface area contributed by atoms with Gasteiger partial charge in [0.25, 0.3) is 0 Å². The molecule has 36 heavy (non-hydrogen) atoms. The van der Waals surface area contributed by atoms with Gasteiger partial charge in [-0.1, -0.05) is 79.2 Å². The average molecular weight is 507 g/mol. The Hall–Kier alpha value is -3.12. The van der Waals surface area contributed by atoms with Gasteiger partial charge >= 0.3 is 0 Å². The van der Waals surface area contributed by atoms with Crippen molar-refractivity contribution in [2.75, 3.05) is 5.75 Å². The summed E-state index contributed by atoms with van der Waals surface area (Å²) < 4.78 is 13.5. The molecule has 0 aromatic heterocycles. The zero-order chi connectivity index (χ0) is 25.9. The second kappa shape index (κ2) is 13.8. The molecule has 1 N–H and O–H groups in total. The van der Waals surface area contributed by atoms with Crippen LogP contribution in [0.5, 0.6) is 0 Å². The number of benzene rings is 3. The highest BCUT2D eigenvalue weighted by Crippen LogP contribution is 2.19. The van der Waals surface area contributed by atoms with E-state index in [2.05, 4.69) is 29.6 Å². The van der Waals surface area contributed by atoms with E-state index < -0.39 is 6.04 Å². The van der Waals surface area contributed by atoms with Crippen LogP contribution >= 0.6 is 11.8 Å². The van der Waals surface area contributed by atoms with Crippen LogP contribution in [0.4, 0.5) is 4.39 Å². The van der Waals surface area contributed by atoms with Crippen LogP contribution in [-0.4, -0.2) is 34.6 Å². The van der Waals surface area contributed by atoms with Gasteiger partial charge in [-0.05, 0) is 49.1 Å². The predicted octanol–water partition coefficient (Wildman–Crippen LogP) is 5.92. The predicted molar refractivity (Wildman–Crippen MR) is 146 cm³/mol. The topological polar surface area (TPSA) is 49.4 Å². The molecule has 4 nitrogen and oxygen atoms in total. The lowest BCUT2D eigenvalue weighted by Crippen LogP contribution is -2.52. The normalized spacial score (nSPS) is 12.6. The van der Waals surface area contributed by atoms with E-state index in [1.807, 2.05) is 51.1 Å². The van der Waals surface area contributed by atoms with Crippen LogP contribution in [0.1, 0.15) is 42.5 Å². The first-order valence-corrected chi connectivity index (χ1v) is 13.5. The molecule has 6 heteroatoms. The summed E-state index contributed by atoms with van der Waals surface area (Å²) in [5, 5.41) is 3.07. The minimum Gasteiger partial charge on any atom is -0.352 e. The molecule has 0 heterocycles. The molecular formula is C30H35FN2O2S. The van der Waals surface area contributed by atoms with E-state index in [4.69, 9.17) is 0 Å². The highest BCUT2D eigenvalue weighted by Gasteiger charge is 2.30. The van der Waals surface area contributed by atoms with Crippen molar-refractivity contribution in [2.45, 2.75) is 58.0 Å². The molecule has 3 aromatic carbocycles. The molecule has 0 spiro atoms. The third kappa shape index (κ3) is 8.52. The van der Waals surface area contributed by atoms with Crippen LogP contribution in [0.15, 0.2) is 78.9 Å². The van der Waals surface area contributed by atoms with Crippen molar-refractivity contribution < 1.29 is 14.0 Å². The van der Waals surface area contributed by atoms with Gasteiger partial charge < -0.3 is 10.2 Å². The lowest BCUT2D eigenvalue weighted by Gasteiger charge is -2.32. The molecule has 0 saturated carbocycles. The molecule has 3 aromatic rings. The smallest absolute Gasteiger partial charge is 0.243 e. The first-order chi connectivity index (χ1) is 17.4. The third-order valence-electron chi connectivity index (χ3n) is 6.15. The molecule has 2 amide bonds. The number of thioether (sulfide) groups is 1. The summed E-state index contributed by atoms with van der Waals surface area (Å²) in [5.41, 5.74) is 4.11. The number of nitrogens with one attached hydrogen (secondary N) is 1. The number of carbonyl (C=O) groups is 2. The van der Waals surface area contributed by atoms with Crippen molar-refractivity contribution in [3.05, 3.63) is 107 Å². The molecule has 0 fully saturated rings. The van der Waals surface area contributed by atoms with E-state index in [0.29, 0.717) is 12.2 Å². The van der Waals surface area contributed by atoms with Crippen LogP contribution in [0, 0.1) is 12.7 Å². The zero-order valence-corrected chi connectivity index (χ0v) is 22.1. The lowest BCUT2D eigenvalue weighted by atomic mass is 10.0. The molecule has 0 unspecified atom stereocenters. The van der Waals surface area contributed by atoms with E-state index in [1.165, 1.54) is 29.5 Å². The summed E-state index contributed by atoms with van der Waals surface area (Å²) in [6.07, 6.45) is 1.20. The highest BCUT2D eigenvalue weighted by molar-refractivity contribution is 7.99.